The summed E-state index contributed by atoms with van der Waals surface area (Å²) in [5.74, 6) is -2.24. The van der Waals surface area contributed by atoms with Crippen molar-refractivity contribution in [1.82, 2.24) is 10.3 Å². The van der Waals surface area contributed by atoms with Gasteiger partial charge in [0.2, 0.25) is 0 Å². The van der Waals surface area contributed by atoms with Gasteiger partial charge in [-0.2, -0.15) is 0 Å². The number of hydrogen-bond acceptors (Lipinski definition) is 3. The number of halogens is 1. The van der Waals surface area contributed by atoms with E-state index in [0.717, 1.165) is 0 Å². The van der Waals surface area contributed by atoms with E-state index in [1.165, 1.54) is 18.2 Å². The topological polar surface area (TPSA) is 79.3 Å². The Kier molecular flexibility index (Phi) is 4.40. The van der Waals surface area contributed by atoms with Crippen LogP contribution in [0.25, 0.3) is 10.9 Å². The average molecular weight is 304 g/mol. The molecule has 0 saturated heterocycles. The molecule has 5 nitrogen and oxygen atoms in total. The first-order valence-electron chi connectivity index (χ1n) is 6.90. The Hall–Kier alpha value is -2.50. The van der Waals surface area contributed by atoms with Gasteiger partial charge in [0.1, 0.15) is 11.9 Å². The van der Waals surface area contributed by atoms with Crippen LogP contribution >= 0.6 is 0 Å². The monoisotopic (exact) mass is 304 g/mol. The van der Waals surface area contributed by atoms with E-state index in [4.69, 9.17) is 5.11 Å². The molecule has 0 bridgehead atoms. The van der Waals surface area contributed by atoms with E-state index in [1.807, 2.05) is 0 Å². The van der Waals surface area contributed by atoms with Crippen molar-refractivity contribution in [3.05, 3.63) is 41.3 Å². The lowest BCUT2D eigenvalue weighted by Crippen LogP contribution is -2.44. The highest BCUT2D eigenvalue weighted by Crippen LogP contribution is 2.18. The normalized spacial score (nSPS) is 12.4. The zero-order chi connectivity index (χ0) is 16.4. The second-order valence-electron chi connectivity index (χ2n) is 5.49. The molecule has 1 atom stereocenters. The van der Waals surface area contributed by atoms with Crippen LogP contribution in [0.15, 0.2) is 24.3 Å². The maximum Gasteiger partial charge on any atom is 0.326 e. The molecule has 6 heteroatoms. The van der Waals surface area contributed by atoms with E-state index in [2.05, 4.69) is 10.3 Å². The minimum atomic E-state index is -1.09. The third-order valence-electron chi connectivity index (χ3n) is 3.43. The molecule has 1 aromatic carbocycles. The standard InChI is InChI=1S/C16H17FN2O3/c1-8(2)14(16(21)22)19-15(20)12-6-10-4-5-11(17)7-13(10)18-9(12)3/h4-8,14H,1-3H3,(H,19,20)(H,21,22)/t14-/m1/s1. The first-order valence-corrected chi connectivity index (χ1v) is 6.90. The Balaban J connectivity index is 2.37. The van der Waals surface area contributed by atoms with Gasteiger partial charge in [-0.25, -0.2) is 9.18 Å². The highest BCUT2D eigenvalue weighted by atomic mass is 19.1. The molecule has 116 valence electrons. The molecule has 1 amide bonds. The zero-order valence-electron chi connectivity index (χ0n) is 12.6. The number of carboxylic acids is 1. The Bertz CT molecular complexity index is 743. The quantitative estimate of drug-likeness (QED) is 0.909. The first kappa shape index (κ1) is 15.9. The summed E-state index contributed by atoms with van der Waals surface area (Å²) in [6.07, 6.45) is 0. The molecule has 2 rings (SSSR count). The molecule has 0 aliphatic carbocycles. The van der Waals surface area contributed by atoms with Gasteiger partial charge >= 0.3 is 5.97 Å². The Labute approximate surface area is 127 Å². The van der Waals surface area contributed by atoms with Crippen molar-refractivity contribution in [3.8, 4) is 0 Å². The number of nitrogens with zero attached hydrogens (tertiary/aromatic N) is 1. The highest BCUT2D eigenvalue weighted by Gasteiger charge is 2.25. The summed E-state index contributed by atoms with van der Waals surface area (Å²) in [4.78, 5) is 27.7. The number of aromatic nitrogens is 1. The Morgan fingerprint density at radius 1 is 1.27 bits per heavy atom. The number of aliphatic carboxylic acids is 1. The van der Waals surface area contributed by atoms with Gasteiger partial charge in [-0.1, -0.05) is 13.8 Å². The highest BCUT2D eigenvalue weighted by molar-refractivity contribution is 6.00. The molecule has 2 N–H and O–H groups in total. The summed E-state index contributed by atoms with van der Waals surface area (Å²) in [6, 6.07) is 4.72. The molecule has 2 aromatic rings. The molecular formula is C16H17FN2O3. The second-order valence-corrected chi connectivity index (χ2v) is 5.49. The predicted molar refractivity (Wildman–Crippen MR) is 80.2 cm³/mol. The van der Waals surface area contributed by atoms with Crippen molar-refractivity contribution >= 4 is 22.8 Å². The van der Waals surface area contributed by atoms with E-state index in [9.17, 15) is 14.0 Å². The van der Waals surface area contributed by atoms with Crippen molar-refractivity contribution < 1.29 is 19.1 Å². The summed E-state index contributed by atoms with van der Waals surface area (Å²) >= 11 is 0. The molecule has 22 heavy (non-hydrogen) atoms. The van der Waals surface area contributed by atoms with E-state index < -0.39 is 23.7 Å². The van der Waals surface area contributed by atoms with Crippen LogP contribution in [0.1, 0.15) is 29.9 Å². The fourth-order valence-corrected chi connectivity index (χ4v) is 2.20. The number of amides is 1. The van der Waals surface area contributed by atoms with Crippen molar-refractivity contribution in [2.75, 3.05) is 0 Å². The summed E-state index contributed by atoms with van der Waals surface area (Å²) in [5, 5.41) is 12.3. The van der Waals surface area contributed by atoms with E-state index in [-0.39, 0.29) is 11.5 Å². The number of fused-ring (bicyclic) bond motifs is 1. The molecule has 0 fully saturated rings. The van der Waals surface area contributed by atoms with Crippen molar-refractivity contribution in [2.24, 2.45) is 5.92 Å². The Morgan fingerprint density at radius 3 is 2.55 bits per heavy atom. The molecule has 1 heterocycles. The number of pyridine rings is 1. The third kappa shape index (κ3) is 3.21. The summed E-state index contributed by atoms with van der Waals surface area (Å²) in [6.45, 7) is 5.06. The summed E-state index contributed by atoms with van der Waals surface area (Å²) in [5.41, 5.74) is 1.15. The summed E-state index contributed by atoms with van der Waals surface area (Å²) < 4.78 is 13.2. The number of hydrogen-bond donors (Lipinski definition) is 2. The number of rotatable bonds is 4. The molecule has 0 saturated carbocycles. The van der Waals surface area contributed by atoms with E-state index in [0.29, 0.717) is 16.6 Å². The van der Waals surface area contributed by atoms with Gasteiger partial charge in [0.05, 0.1) is 16.8 Å². The number of carbonyl (C=O) groups excluding carboxylic acids is 1. The first-order chi connectivity index (χ1) is 10.3. The van der Waals surface area contributed by atoms with Crippen molar-refractivity contribution in [1.29, 1.82) is 0 Å². The Morgan fingerprint density at radius 2 is 1.95 bits per heavy atom. The molecule has 0 aliphatic heterocycles. The number of carbonyl (C=O) groups is 2. The van der Waals surface area contributed by atoms with Gasteiger partial charge in [0.15, 0.2) is 0 Å². The van der Waals surface area contributed by atoms with Gasteiger partial charge in [0.25, 0.3) is 5.91 Å². The van der Waals surface area contributed by atoms with Crippen molar-refractivity contribution in [3.63, 3.8) is 0 Å². The van der Waals surface area contributed by atoms with E-state index >= 15 is 0 Å². The van der Waals surface area contributed by atoms with E-state index in [1.54, 1.807) is 26.8 Å². The van der Waals surface area contributed by atoms with Gasteiger partial charge < -0.3 is 10.4 Å². The largest absolute Gasteiger partial charge is 0.480 e. The summed E-state index contributed by atoms with van der Waals surface area (Å²) in [7, 11) is 0. The third-order valence-corrected chi connectivity index (χ3v) is 3.43. The minimum Gasteiger partial charge on any atom is -0.480 e. The smallest absolute Gasteiger partial charge is 0.326 e. The van der Waals surface area contributed by atoms with Gasteiger partial charge in [-0.15, -0.1) is 0 Å². The SMILES string of the molecule is Cc1nc2cc(F)ccc2cc1C(=O)N[C@@H](C(=O)O)C(C)C. The molecule has 0 radical (unpaired) electrons. The lowest BCUT2D eigenvalue weighted by atomic mass is 10.0. The van der Waals surface area contributed by atoms with Crippen LogP contribution in [0.3, 0.4) is 0 Å². The van der Waals surface area contributed by atoms with Crippen molar-refractivity contribution in [2.45, 2.75) is 26.8 Å². The number of carboxylic acid groups (broad SMARTS) is 1. The van der Waals surface area contributed by atoms with Gasteiger partial charge in [-0.3, -0.25) is 9.78 Å². The maximum absolute atomic E-state index is 13.2. The van der Waals surface area contributed by atoms with Crippen LogP contribution in [0, 0.1) is 18.7 Å². The second kappa shape index (κ2) is 6.09. The molecular weight excluding hydrogens is 287 g/mol. The minimum absolute atomic E-state index is 0.246. The van der Waals surface area contributed by atoms with Crippen LogP contribution in [0.4, 0.5) is 4.39 Å². The molecule has 0 aliphatic rings. The average Bonchev–Trinajstić information content (AvgIpc) is 2.42. The number of aryl methyl sites for hydroxylation is 1. The van der Waals surface area contributed by atoms with Gasteiger partial charge in [-0.05, 0) is 31.0 Å². The lowest BCUT2D eigenvalue weighted by molar-refractivity contribution is -0.140. The predicted octanol–water partition coefficient (Wildman–Crippen LogP) is 2.52. The van der Waals surface area contributed by atoms with Crippen LogP contribution in [0.5, 0.6) is 0 Å². The van der Waals surface area contributed by atoms with Crippen LogP contribution < -0.4 is 5.32 Å². The zero-order valence-corrected chi connectivity index (χ0v) is 12.6. The van der Waals surface area contributed by atoms with Gasteiger partial charge in [0, 0.05) is 11.5 Å². The molecule has 0 spiro atoms. The van der Waals surface area contributed by atoms with Crippen LogP contribution in [-0.2, 0) is 4.79 Å². The fraction of sp³-hybridized carbons (Fsp3) is 0.312. The number of benzene rings is 1. The number of nitrogens with one attached hydrogen (secondary N) is 1. The fourth-order valence-electron chi connectivity index (χ4n) is 2.20. The van der Waals surface area contributed by atoms with Crippen LogP contribution in [0.2, 0.25) is 0 Å². The molecule has 0 unspecified atom stereocenters. The molecule has 1 aromatic heterocycles. The maximum atomic E-state index is 13.2. The lowest BCUT2D eigenvalue weighted by Gasteiger charge is -2.18. The van der Waals surface area contributed by atoms with Crippen LogP contribution in [-0.4, -0.2) is 28.0 Å².